The van der Waals surface area contributed by atoms with Crippen molar-refractivity contribution in [2.75, 3.05) is 26.3 Å². The largest absolute Gasteiger partial charge is 0.394 e. The van der Waals surface area contributed by atoms with Crippen LogP contribution in [0.4, 0.5) is 0 Å². The number of nitrogens with zero attached hydrogens (tertiary/aromatic N) is 1. The Morgan fingerprint density at radius 1 is 1.65 bits per heavy atom. The van der Waals surface area contributed by atoms with Crippen molar-refractivity contribution in [3.05, 3.63) is 0 Å². The SMILES string of the molecule is CC1COC(CO)CN1C(=O)C1CNC(=O)C1. The third kappa shape index (κ3) is 2.58. The number of rotatable bonds is 2. The van der Waals surface area contributed by atoms with Crippen molar-refractivity contribution < 1.29 is 19.4 Å². The molecule has 0 aliphatic carbocycles. The molecule has 6 nitrogen and oxygen atoms in total. The van der Waals surface area contributed by atoms with Gasteiger partial charge in [-0.2, -0.15) is 0 Å². The maximum Gasteiger partial charge on any atom is 0.228 e. The van der Waals surface area contributed by atoms with Gasteiger partial charge in [0.2, 0.25) is 11.8 Å². The van der Waals surface area contributed by atoms with Gasteiger partial charge in [-0.3, -0.25) is 9.59 Å². The predicted octanol–water partition coefficient (Wildman–Crippen LogP) is -1.27. The van der Waals surface area contributed by atoms with Crippen LogP contribution in [0.1, 0.15) is 13.3 Å². The molecular formula is C11H18N2O4. The van der Waals surface area contributed by atoms with E-state index in [4.69, 9.17) is 9.84 Å². The predicted molar refractivity (Wildman–Crippen MR) is 59.1 cm³/mol. The normalized spacial score (nSPS) is 33.6. The molecule has 0 radical (unpaired) electrons. The molecule has 96 valence electrons. The van der Waals surface area contributed by atoms with E-state index in [-0.39, 0.29) is 42.9 Å². The Morgan fingerprint density at radius 2 is 2.41 bits per heavy atom. The minimum atomic E-state index is -0.305. The van der Waals surface area contributed by atoms with Crippen LogP contribution < -0.4 is 5.32 Å². The average molecular weight is 242 g/mol. The first-order valence-corrected chi connectivity index (χ1v) is 5.91. The standard InChI is InChI=1S/C11H18N2O4/c1-7-6-17-9(5-14)4-13(7)11(16)8-2-10(15)12-3-8/h7-9,14H,2-6H2,1H3,(H,12,15). The number of carbonyl (C=O) groups excluding carboxylic acids is 2. The fraction of sp³-hybridized carbons (Fsp3) is 0.818. The van der Waals surface area contributed by atoms with Crippen molar-refractivity contribution in [3.63, 3.8) is 0 Å². The molecule has 2 N–H and O–H groups in total. The van der Waals surface area contributed by atoms with Crippen LogP contribution in [-0.2, 0) is 14.3 Å². The number of nitrogens with one attached hydrogen (secondary N) is 1. The van der Waals surface area contributed by atoms with Crippen molar-refractivity contribution in [2.24, 2.45) is 5.92 Å². The molecule has 3 atom stereocenters. The Bertz CT molecular complexity index is 321. The van der Waals surface area contributed by atoms with Crippen molar-refractivity contribution in [2.45, 2.75) is 25.5 Å². The van der Waals surface area contributed by atoms with Crippen LogP contribution in [0.2, 0.25) is 0 Å². The molecule has 2 heterocycles. The monoisotopic (exact) mass is 242 g/mol. The summed E-state index contributed by atoms with van der Waals surface area (Å²) in [7, 11) is 0. The number of ether oxygens (including phenoxy) is 1. The van der Waals surface area contributed by atoms with Crippen LogP contribution in [0.25, 0.3) is 0 Å². The van der Waals surface area contributed by atoms with Gasteiger partial charge < -0.3 is 20.1 Å². The lowest BCUT2D eigenvalue weighted by atomic mass is 10.0. The van der Waals surface area contributed by atoms with E-state index in [9.17, 15) is 9.59 Å². The highest BCUT2D eigenvalue weighted by atomic mass is 16.5. The quantitative estimate of drug-likeness (QED) is 0.633. The fourth-order valence-corrected chi connectivity index (χ4v) is 2.25. The lowest BCUT2D eigenvalue weighted by Crippen LogP contribution is -2.53. The van der Waals surface area contributed by atoms with E-state index in [0.29, 0.717) is 19.7 Å². The maximum absolute atomic E-state index is 12.2. The van der Waals surface area contributed by atoms with Crippen molar-refractivity contribution >= 4 is 11.8 Å². The summed E-state index contributed by atoms with van der Waals surface area (Å²) < 4.78 is 5.38. The molecule has 2 rings (SSSR count). The Labute approximate surface area is 99.9 Å². The summed E-state index contributed by atoms with van der Waals surface area (Å²) in [5, 5.41) is 11.7. The van der Waals surface area contributed by atoms with Gasteiger partial charge in [0.25, 0.3) is 0 Å². The number of hydrogen-bond acceptors (Lipinski definition) is 4. The van der Waals surface area contributed by atoms with Gasteiger partial charge in [0.15, 0.2) is 0 Å². The number of aliphatic hydroxyl groups is 1. The zero-order valence-electron chi connectivity index (χ0n) is 9.89. The molecule has 6 heteroatoms. The highest BCUT2D eigenvalue weighted by Gasteiger charge is 2.36. The molecule has 0 aromatic rings. The Hall–Kier alpha value is -1.14. The summed E-state index contributed by atoms with van der Waals surface area (Å²) in [4.78, 5) is 25.0. The smallest absolute Gasteiger partial charge is 0.228 e. The van der Waals surface area contributed by atoms with E-state index < -0.39 is 0 Å². The van der Waals surface area contributed by atoms with Crippen LogP contribution in [0.5, 0.6) is 0 Å². The lowest BCUT2D eigenvalue weighted by Gasteiger charge is -2.38. The second-order valence-corrected chi connectivity index (χ2v) is 4.68. The van der Waals surface area contributed by atoms with Gasteiger partial charge in [-0.1, -0.05) is 0 Å². The zero-order valence-corrected chi connectivity index (χ0v) is 9.89. The van der Waals surface area contributed by atoms with Crippen molar-refractivity contribution in [1.29, 1.82) is 0 Å². The zero-order chi connectivity index (χ0) is 12.4. The summed E-state index contributed by atoms with van der Waals surface area (Å²) >= 11 is 0. The Balaban J connectivity index is 1.99. The Morgan fingerprint density at radius 3 is 3.00 bits per heavy atom. The fourth-order valence-electron chi connectivity index (χ4n) is 2.25. The molecule has 0 spiro atoms. The van der Waals surface area contributed by atoms with E-state index in [1.165, 1.54) is 0 Å². The highest BCUT2D eigenvalue weighted by Crippen LogP contribution is 2.18. The van der Waals surface area contributed by atoms with E-state index in [0.717, 1.165) is 0 Å². The van der Waals surface area contributed by atoms with Crippen LogP contribution in [0.15, 0.2) is 0 Å². The second kappa shape index (κ2) is 5.01. The second-order valence-electron chi connectivity index (χ2n) is 4.68. The molecule has 0 aromatic carbocycles. The van der Waals surface area contributed by atoms with Crippen molar-refractivity contribution in [3.8, 4) is 0 Å². The van der Waals surface area contributed by atoms with Crippen molar-refractivity contribution in [1.82, 2.24) is 10.2 Å². The first-order chi connectivity index (χ1) is 8.11. The van der Waals surface area contributed by atoms with Crippen LogP contribution in [-0.4, -0.2) is 60.3 Å². The molecular weight excluding hydrogens is 224 g/mol. The molecule has 2 saturated heterocycles. The first kappa shape index (κ1) is 12.3. The van der Waals surface area contributed by atoms with E-state index in [1.807, 2.05) is 6.92 Å². The highest BCUT2D eigenvalue weighted by molar-refractivity contribution is 5.89. The number of morpholine rings is 1. The summed E-state index contributed by atoms with van der Waals surface area (Å²) in [6, 6.07) is 0.000928. The maximum atomic E-state index is 12.2. The minimum absolute atomic E-state index is 0.000928. The van der Waals surface area contributed by atoms with Gasteiger partial charge in [0, 0.05) is 19.5 Å². The molecule has 2 amide bonds. The first-order valence-electron chi connectivity index (χ1n) is 5.91. The number of aliphatic hydroxyl groups excluding tert-OH is 1. The Kier molecular flexibility index (Phi) is 3.63. The molecule has 2 fully saturated rings. The average Bonchev–Trinajstić information content (AvgIpc) is 2.76. The van der Waals surface area contributed by atoms with Gasteiger partial charge in [-0.25, -0.2) is 0 Å². The van der Waals surface area contributed by atoms with Gasteiger partial charge in [0.1, 0.15) is 0 Å². The number of amides is 2. The third-order valence-electron chi connectivity index (χ3n) is 3.32. The van der Waals surface area contributed by atoms with Gasteiger partial charge in [-0.15, -0.1) is 0 Å². The molecule has 17 heavy (non-hydrogen) atoms. The summed E-state index contributed by atoms with van der Waals surface area (Å²) in [6.07, 6.45) is -0.0348. The van der Waals surface area contributed by atoms with E-state index >= 15 is 0 Å². The summed E-state index contributed by atoms with van der Waals surface area (Å²) in [6.45, 7) is 3.09. The minimum Gasteiger partial charge on any atom is -0.394 e. The van der Waals surface area contributed by atoms with Crippen LogP contribution in [0.3, 0.4) is 0 Å². The number of hydrogen-bond donors (Lipinski definition) is 2. The topological polar surface area (TPSA) is 78.9 Å². The molecule has 0 bridgehead atoms. The molecule has 0 aromatic heterocycles. The molecule has 3 unspecified atom stereocenters. The summed E-state index contributed by atoms with van der Waals surface area (Å²) in [5.41, 5.74) is 0. The molecule has 2 aliphatic heterocycles. The van der Waals surface area contributed by atoms with Crippen LogP contribution in [0, 0.1) is 5.92 Å². The van der Waals surface area contributed by atoms with Gasteiger partial charge >= 0.3 is 0 Å². The van der Waals surface area contributed by atoms with Gasteiger partial charge in [-0.05, 0) is 6.92 Å². The number of carbonyl (C=O) groups is 2. The van der Waals surface area contributed by atoms with Gasteiger partial charge in [0.05, 0.1) is 31.3 Å². The van der Waals surface area contributed by atoms with E-state index in [2.05, 4.69) is 5.32 Å². The molecule has 0 saturated carbocycles. The summed E-state index contributed by atoms with van der Waals surface area (Å²) in [5.74, 6) is -0.344. The van der Waals surface area contributed by atoms with Crippen LogP contribution >= 0.6 is 0 Å². The molecule has 2 aliphatic rings. The van der Waals surface area contributed by atoms with E-state index in [1.54, 1.807) is 4.90 Å². The third-order valence-corrected chi connectivity index (χ3v) is 3.32. The lowest BCUT2D eigenvalue weighted by molar-refractivity contribution is -0.150.